The lowest BCUT2D eigenvalue weighted by Crippen LogP contribution is -2.47. The van der Waals surface area contributed by atoms with Crippen molar-refractivity contribution < 1.29 is 31.8 Å². The molecule has 0 bridgehead atoms. The number of amides is 1. The number of carbonyl (C=O) groups excluding carboxylic acids is 1. The van der Waals surface area contributed by atoms with E-state index in [-0.39, 0.29) is 30.9 Å². The molecule has 168 valence electrons. The first-order chi connectivity index (χ1) is 14.1. The number of ether oxygens (including phenoxy) is 2. The maximum Gasteiger partial charge on any atom is 0.522 e. The Kier molecular flexibility index (Phi) is 7.18. The predicted octanol–water partition coefficient (Wildman–Crippen LogP) is 3.93. The van der Waals surface area contributed by atoms with Gasteiger partial charge in [0.15, 0.2) is 0 Å². The van der Waals surface area contributed by atoms with E-state index in [4.69, 9.17) is 4.74 Å². The zero-order valence-electron chi connectivity index (χ0n) is 16.6. The molecule has 2 aliphatic rings. The summed E-state index contributed by atoms with van der Waals surface area (Å²) < 4.78 is 62.6. The molecule has 1 aromatic rings. The molecule has 1 aromatic heterocycles. The zero-order chi connectivity index (χ0) is 21.9. The van der Waals surface area contributed by atoms with Gasteiger partial charge in [-0.05, 0) is 44.1 Å². The predicted molar refractivity (Wildman–Crippen MR) is 101 cm³/mol. The van der Waals surface area contributed by atoms with Crippen LogP contribution in [-0.2, 0) is 14.3 Å². The van der Waals surface area contributed by atoms with Gasteiger partial charge in [0, 0.05) is 18.0 Å². The second kappa shape index (κ2) is 9.47. The average molecular weight is 434 g/mol. The summed E-state index contributed by atoms with van der Waals surface area (Å²) in [6, 6.07) is 2.63. The molecule has 1 amide bonds. The summed E-state index contributed by atoms with van der Waals surface area (Å²) in [4.78, 5) is 26.7. The Balaban J connectivity index is 1.75. The van der Waals surface area contributed by atoms with E-state index >= 15 is 0 Å². The molecule has 2 fully saturated rings. The third kappa shape index (κ3) is 6.04. The minimum absolute atomic E-state index is 0.0470. The number of H-pyrrole nitrogens is 1. The molecule has 2 aliphatic carbocycles. The molecule has 6 atom stereocenters. The first-order valence-electron chi connectivity index (χ1n) is 10.2. The number of carbonyl (C=O) groups is 1. The lowest BCUT2D eigenvalue weighted by Gasteiger charge is -2.40. The highest BCUT2D eigenvalue weighted by Gasteiger charge is 2.44. The fourth-order valence-corrected chi connectivity index (χ4v) is 4.34. The van der Waals surface area contributed by atoms with Crippen LogP contribution < -0.4 is 10.9 Å². The number of aromatic nitrogens is 1. The maximum absolute atomic E-state index is 14.4. The topological polar surface area (TPSA) is 80.4 Å². The second-order valence-electron chi connectivity index (χ2n) is 8.10. The summed E-state index contributed by atoms with van der Waals surface area (Å²) in [6.07, 6.45) is -5.36. The molecule has 0 saturated heterocycles. The van der Waals surface area contributed by atoms with Crippen molar-refractivity contribution in [1.29, 1.82) is 0 Å². The highest BCUT2D eigenvalue weighted by molar-refractivity contribution is 5.93. The molecule has 30 heavy (non-hydrogen) atoms. The van der Waals surface area contributed by atoms with Crippen LogP contribution in [0.2, 0.25) is 0 Å². The van der Waals surface area contributed by atoms with Gasteiger partial charge in [-0.1, -0.05) is 13.3 Å². The van der Waals surface area contributed by atoms with Crippen LogP contribution in [0.3, 0.4) is 0 Å². The molecule has 3 rings (SSSR count). The van der Waals surface area contributed by atoms with Gasteiger partial charge in [0.25, 0.3) is 0 Å². The lowest BCUT2D eigenvalue weighted by molar-refractivity contribution is -0.348. The number of halogens is 4. The fraction of sp³-hybridized carbons (Fsp3) is 0.700. The van der Waals surface area contributed by atoms with E-state index in [9.17, 15) is 27.2 Å². The molecule has 1 heterocycles. The zero-order valence-corrected chi connectivity index (χ0v) is 16.6. The van der Waals surface area contributed by atoms with E-state index in [2.05, 4.69) is 15.0 Å². The van der Waals surface area contributed by atoms with Gasteiger partial charge in [0.2, 0.25) is 11.5 Å². The molecule has 6 nitrogen and oxygen atoms in total. The number of aromatic amines is 1. The molecule has 10 heteroatoms. The first kappa shape index (κ1) is 22.7. The number of anilines is 1. The van der Waals surface area contributed by atoms with Crippen molar-refractivity contribution >= 4 is 11.6 Å². The van der Waals surface area contributed by atoms with Gasteiger partial charge in [-0.15, -0.1) is 13.2 Å². The van der Waals surface area contributed by atoms with Crippen molar-refractivity contribution in [3.05, 3.63) is 28.7 Å². The fourth-order valence-electron chi connectivity index (χ4n) is 4.34. The standard InChI is InChI=1S/C20H26F4N2O4/c1-11-3-2-4-15(21)18(11)29-16-6-5-13(30-20(22,23)24)10-14(16)19(28)26-12-7-8-25-17(27)9-12/h7-9,11,13-16,18H,2-6,10H2,1H3,(H2,25,26,27,28). The summed E-state index contributed by atoms with van der Waals surface area (Å²) in [5.74, 6) is -1.60. The van der Waals surface area contributed by atoms with Crippen LogP contribution in [0.15, 0.2) is 23.1 Å². The highest BCUT2D eigenvalue weighted by atomic mass is 19.4. The number of hydrogen-bond acceptors (Lipinski definition) is 4. The summed E-state index contributed by atoms with van der Waals surface area (Å²) in [6.45, 7) is 1.88. The van der Waals surface area contributed by atoms with Gasteiger partial charge < -0.3 is 15.0 Å². The van der Waals surface area contributed by atoms with E-state index in [1.165, 1.54) is 18.3 Å². The van der Waals surface area contributed by atoms with Gasteiger partial charge in [0.05, 0.1) is 24.2 Å². The summed E-state index contributed by atoms with van der Waals surface area (Å²) in [5, 5.41) is 2.56. The van der Waals surface area contributed by atoms with Crippen LogP contribution in [0.4, 0.5) is 23.2 Å². The Morgan fingerprint density at radius 1 is 1.23 bits per heavy atom. The summed E-state index contributed by atoms with van der Waals surface area (Å²) in [7, 11) is 0. The number of nitrogens with one attached hydrogen (secondary N) is 2. The van der Waals surface area contributed by atoms with Crippen molar-refractivity contribution in [3.8, 4) is 0 Å². The Bertz CT molecular complexity index is 775. The number of rotatable bonds is 5. The molecule has 6 unspecified atom stereocenters. The van der Waals surface area contributed by atoms with Crippen LogP contribution in [0, 0.1) is 11.8 Å². The van der Waals surface area contributed by atoms with Gasteiger partial charge >= 0.3 is 6.36 Å². The average Bonchev–Trinajstić information content (AvgIpc) is 2.64. The summed E-state index contributed by atoms with van der Waals surface area (Å²) in [5.41, 5.74) is -0.213. The van der Waals surface area contributed by atoms with Crippen LogP contribution in [0.25, 0.3) is 0 Å². The van der Waals surface area contributed by atoms with Crippen molar-refractivity contribution in [1.82, 2.24) is 4.98 Å². The minimum atomic E-state index is -4.81. The number of alkyl halides is 4. The maximum atomic E-state index is 14.4. The normalized spacial score (nSPS) is 32.6. The van der Waals surface area contributed by atoms with E-state index in [1.807, 2.05) is 6.92 Å². The Hall–Kier alpha value is -1.94. The Morgan fingerprint density at radius 2 is 2.00 bits per heavy atom. The molecular weight excluding hydrogens is 408 g/mol. The first-order valence-corrected chi connectivity index (χ1v) is 10.2. The SMILES string of the molecule is CC1CCCC(F)C1OC1CCC(OC(F)(F)F)CC1C(=O)Nc1cc[nH]c(=O)c1. The van der Waals surface area contributed by atoms with E-state index in [1.54, 1.807) is 0 Å². The largest absolute Gasteiger partial charge is 0.522 e. The van der Waals surface area contributed by atoms with Crippen molar-refractivity contribution in [2.45, 2.75) is 76.3 Å². The van der Waals surface area contributed by atoms with Crippen molar-refractivity contribution in [2.24, 2.45) is 11.8 Å². The van der Waals surface area contributed by atoms with E-state index in [0.717, 1.165) is 12.8 Å². The highest BCUT2D eigenvalue weighted by Crippen LogP contribution is 2.37. The monoisotopic (exact) mass is 434 g/mol. The smallest absolute Gasteiger partial charge is 0.371 e. The quantitative estimate of drug-likeness (QED) is 0.689. The third-order valence-corrected chi connectivity index (χ3v) is 5.81. The van der Waals surface area contributed by atoms with Gasteiger partial charge in [-0.3, -0.25) is 14.3 Å². The lowest BCUT2D eigenvalue weighted by atomic mass is 9.82. The molecule has 0 aromatic carbocycles. The van der Waals surface area contributed by atoms with Crippen LogP contribution in [-0.4, -0.2) is 41.7 Å². The minimum Gasteiger partial charge on any atom is -0.371 e. The third-order valence-electron chi connectivity index (χ3n) is 5.81. The molecule has 0 spiro atoms. The van der Waals surface area contributed by atoms with Crippen LogP contribution in [0.5, 0.6) is 0 Å². The Labute approximate surface area is 171 Å². The molecule has 0 radical (unpaired) electrons. The van der Waals surface area contributed by atoms with Gasteiger partial charge in [-0.25, -0.2) is 4.39 Å². The number of pyridine rings is 1. The second-order valence-corrected chi connectivity index (χ2v) is 8.10. The molecule has 2 N–H and O–H groups in total. The Morgan fingerprint density at radius 3 is 2.67 bits per heavy atom. The molecular formula is C20H26F4N2O4. The van der Waals surface area contributed by atoms with Crippen molar-refractivity contribution in [3.63, 3.8) is 0 Å². The number of hydrogen-bond donors (Lipinski definition) is 2. The van der Waals surface area contributed by atoms with Crippen LogP contribution >= 0.6 is 0 Å². The molecule has 0 aliphatic heterocycles. The van der Waals surface area contributed by atoms with E-state index in [0.29, 0.717) is 6.42 Å². The molecule has 2 saturated carbocycles. The van der Waals surface area contributed by atoms with Gasteiger partial charge in [-0.2, -0.15) is 0 Å². The van der Waals surface area contributed by atoms with E-state index < -0.39 is 48.2 Å². The van der Waals surface area contributed by atoms with Crippen LogP contribution in [0.1, 0.15) is 45.4 Å². The summed E-state index contributed by atoms with van der Waals surface area (Å²) >= 11 is 0. The van der Waals surface area contributed by atoms with Gasteiger partial charge in [0.1, 0.15) is 6.17 Å². The van der Waals surface area contributed by atoms with Crippen molar-refractivity contribution in [2.75, 3.05) is 5.32 Å².